The van der Waals surface area contributed by atoms with E-state index in [-0.39, 0.29) is 11.3 Å². The fraction of sp³-hybridized carbons (Fsp3) is 0.176. The van der Waals surface area contributed by atoms with Crippen molar-refractivity contribution in [3.8, 4) is 0 Å². The fourth-order valence-corrected chi connectivity index (χ4v) is 3.71. The Balaban J connectivity index is 1.79. The number of anilines is 1. The van der Waals surface area contributed by atoms with Crippen molar-refractivity contribution in [2.24, 2.45) is 4.99 Å². The molecule has 25 heavy (non-hydrogen) atoms. The summed E-state index contributed by atoms with van der Waals surface area (Å²) in [5.41, 5.74) is 1.32. The zero-order valence-electron chi connectivity index (χ0n) is 13.2. The number of carbonyl (C=O) groups is 1. The highest BCUT2D eigenvalue weighted by Crippen LogP contribution is 2.30. The molecule has 0 aliphatic carbocycles. The van der Waals surface area contributed by atoms with Gasteiger partial charge in [0.1, 0.15) is 0 Å². The van der Waals surface area contributed by atoms with Crippen LogP contribution in [0.1, 0.15) is 6.92 Å². The summed E-state index contributed by atoms with van der Waals surface area (Å²) in [4.78, 5) is 18.8. The normalized spacial score (nSPS) is 18.6. The third-order valence-corrected chi connectivity index (χ3v) is 5.51. The van der Waals surface area contributed by atoms with Gasteiger partial charge in [-0.05, 0) is 42.5 Å². The van der Waals surface area contributed by atoms with Gasteiger partial charge in [0, 0.05) is 22.5 Å². The van der Waals surface area contributed by atoms with Gasteiger partial charge in [0.2, 0.25) is 0 Å². The summed E-state index contributed by atoms with van der Waals surface area (Å²) < 4.78 is 0. The van der Waals surface area contributed by atoms with E-state index < -0.39 is 0 Å². The first-order valence-electron chi connectivity index (χ1n) is 7.47. The third kappa shape index (κ3) is 4.61. The Kier molecular flexibility index (Phi) is 5.79. The molecule has 1 atom stereocenters. The van der Waals surface area contributed by atoms with Crippen LogP contribution < -0.4 is 5.32 Å². The minimum atomic E-state index is -0.261. The second kappa shape index (κ2) is 7.87. The largest absolute Gasteiger partial charge is 0.327 e. The molecule has 0 aromatic heterocycles. The number of nitrogens with zero attached hydrogens (tertiary/aromatic N) is 2. The van der Waals surface area contributed by atoms with Gasteiger partial charge in [0.05, 0.1) is 15.7 Å². The fourth-order valence-electron chi connectivity index (χ4n) is 2.26. The molecule has 0 radical (unpaired) electrons. The van der Waals surface area contributed by atoms with E-state index in [1.165, 1.54) is 0 Å². The predicted molar refractivity (Wildman–Crippen MR) is 108 cm³/mol. The molecule has 0 saturated carbocycles. The van der Waals surface area contributed by atoms with Gasteiger partial charge in [-0.1, -0.05) is 53.5 Å². The highest BCUT2D eigenvalue weighted by Gasteiger charge is 2.31. The summed E-state index contributed by atoms with van der Waals surface area (Å²) in [6.07, 6.45) is 0. The van der Waals surface area contributed by atoms with Gasteiger partial charge in [0.15, 0.2) is 5.17 Å². The molecular formula is C17H14Cl3N3OS. The summed E-state index contributed by atoms with van der Waals surface area (Å²) >= 11 is 19.3. The molecule has 1 heterocycles. The molecule has 0 bridgehead atoms. The number of nitrogens with one attached hydrogen (secondary N) is 1. The van der Waals surface area contributed by atoms with Crippen molar-refractivity contribution in [1.82, 2.24) is 4.90 Å². The molecule has 1 aliphatic heterocycles. The predicted octanol–water partition coefficient (Wildman–Crippen LogP) is 6.30. The van der Waals surface area contributed by atoms with Crippen LogP contribution in [0.3, 0.4) is 0 Å². The van der Waals surface area contributed by atoms with Crippen LogP contribution in [0.2, 0.25) is 15.1 Å². The van der Waals surface area contributed by atoms with Gasteiger partial charge in [-0.2, -0.15) is 0 Å². The van der Waals surface area contributed by atoms with Gasteiger partial charge in [0.25, 0.3) is 0 Å². The second-order valence-corrected chi connectivity index (χ2v) is 8.13. The Hall–Kier alpha value is -1.40. The average molecular weight is 415 g/mol. The number of amides is 2. The lowest BCUT2D eigenvalue weighted by Gasteiger charge is -2.17. The van der Waals surface area contributed by atoms with Crippen LogP contribution in [0.4, 0.5) is 16.2 Å². The molecule has 1 fully saturated rings. The Morgan fingerprint density at radius 3 is 2.56 bits per heavy atom. The molecule has 4 nitrogen and oxygen atoms in total. The van der Waals surface area contributed by atoms with E-state index in [0.29, 0.717) is 32.5 Å². The number of aliphatic imine (C=N–C) groups is 1. The van der Waals surface area contributed by atoms with E-state index in [2.05, 4.69) is 17.2 Å². The van der Waals surface area contributed by atoms with E-state index in [9.17, 15) is 4.79 Å². The van der Waals surface area contributed by atoms with E-state index in [0.717, 1.165) is 5.69 Å². The number of thioether (sulfide) groups is 1. The maximum Gasteiger partial charge on any atom is 0.327 e. The quantitative estimate of drug-likeness (QED) is 0.626. The van der Waals surface area contributed by atoms with Gasteiger partial charge < -0.3 is 5.32 Å². The number of hydrogen-bond acceptors (Lipinski definition) is 3. The highest BCUT2D eigenvalue weighted by molar-refractivity contribution is 8.14. The molecule has 0 spiro atoms. The van der Waals surface area contributed by atoms with Crippen LogP contribution in [0.25, 0.3) is 0 Å². The second-order valence-electron chi connectivity index (χ2n) is 5.47. The van der Waals surface area contributed by atoms with Gasteiger partial charge in [-0.25, -0.2) is 9.79 Å². The Bertz CT molecular complexity index is 826. The molecule has 1 saturated heterocycles. The van der Waals surface area contributed by atoms with Crippen molar-refractivity contribution < 1.29 is 4.79 Å². The molecule has 2 aromatic carbocycles. The lowest BCUT2D eigenvalue weighted by molar-refractivity contribution is 0.235. The number of amidine groups is 1. The third-order valence-electron chi connectivity index (χ3n) is 3.44. The number of carbonyl (C=O) groups excluding carboxylic acids is 1. The lowest BCUT2D eigenvalue weighted by Crippen LogP contribution is -2.36. The molecule has 130 valence electrons. The summed E-state index contributed by atoms with van der Waals surface area (Å²) in [5, 5.41) is 5.20. The smallest absolute Gasteiger partial charge is 0.307 e. The molecule has 3 rings (SSSR count). The zero-order chi connectivity index (χ0) is 18.0. The number of rotatable bonds is 2. The first kappa shape index (κ1) is 18.4. The van der Waals surface area contributed by atoms with Crippen LogP contribution in [-0.2, 0) is 0 Å². The maximum atomic E-state index is 12.6. The zero-order valence-corrected chi connectivity index (χ0v) is 16.3. The first-order chi connectivity index (χ1) is 11.9. The van der Waals surface area contributed by atoms with E-state index in [1.54, 1.807) is 47.0 Å². The minimum absolute atomic E-state index is 0.255. The number of benzene rings is 2. The van der Waals surface area contributed by atoms with E-state index in [4.69, 9.17) is 34.8 Å². The average Bonchev–Trinajstić information content (AvgIpc) is 2.94. The SMILES string of the molecule is C[C@H]1CN(C(=O)Nc2ccc(Cl)c(Cl)c2)C(=Nc2ccc(Cl)cc2)S1. The molecular weight excluding hydrogens is 401 g/mol. The molecule has 2 aromatic rings. The number of halogens is 3. The van der Waals surface area contributed by atoms with E-state index in [1.807, 2.05) is 12.1 Å². The van der Waals surface area contributed by atoms with Crippen molar-refractivity contribution in [1.29, 1.82) is 0 Å². The molecule has 1 aliphatic rings. The summed E-state index contributed by atoms with van der Waals surface area (Å²) in [7, 11) is 0. The highest BCUT2D eigenvalue weighted by atomic mass is 35.5. The number of urea groups is 1. The first-order valence-corrected chi connectivity index (χ1v) is 9.48. The monoisotopic (exact) mass is 413 g/mol. The molecule has 8 heteroatoms. The maximum absolute atomic E-state index is 12.6. The van der Waals surface area contributed by atoms with Crippen LogP contribution in [0.15, 0.2) is 47.5 Å². The summed E-state index contributed by atoms with van der Waals surface area (Å²) in [5.74, 6) is 0. The minimum Gasteiger partial charge on any atom is -0.307 e. The molecule has 1 N–H and O–H groups in total. The van der Waals surface area contributed by atoms with E-state index >= 15 is 0 Å². The Morgan fingerprint density at radius 1 is 1.16 bits per heavy atom. The topological polar surface area (TPSA) is 44.7 Å². The van der Waals surface area contributed by atoms with Crippen LogP contribution in [0.5, 0.6) is 0 Å². The standard InChI is InChI=1S/C17H14Cl3N3OS/c1-10-9-23(16(24)21-13-6-7-14(19)15(20)8-13)17(25-10)22-12-4-2-11(18)3-5-12/h2-8,10H,9H2,1H3,(H,21,24)/t10-/m0/s1. The molecule has 2 amide bonds. The summed E-state index contributed by atoms with van der Waals surface area (Å²) in [6.45, 7) is 2.62. The van der Waals surface area contributed by atoms with Gasteiger partial charge in [-0.3, -0.25) is 4.90 Å². The van der Waals surface area contributed by atoms with Crippen LogP contribution in [-0.4, -0.2) is 27.9 Å². The number of hydrogen-bond donors (Lipinski definition) is 1. The van der Waals surface area contributed by atoms with Crippen LogP contribution in [0, 0.1) is 0 Å². The van der Waals surface area contributed by atoms with Crippen molar-refractivity contribution in [2.75, 3.05) is 11.9 Å². The van der Waals surface area contributed by atoms with Crippen molar-refractivity contribution >= 4 is 69.1 Å². The lowest BCUT2D eigenvalue weighted by atomic mass is 10.3. The van der Waals surface area contributed by atoms with Crippen molar-refractivity contribution in [3.05, 3.63) is 57.5 Å². The van der Waals surface area contributed by atoms with Gasteiger partial charge >= 0.3 is 6.03 Å². The van der Waals surface area contributed by atoms with Crippen molar-refractivity contribution in [3.63, 3.8) is 0 Å². The van der Waals surface area contributed by atoms with Gasteiger partial charge in [-0.15, -0.1) is 0 Å². The Morgan fingerprint density at radius 2 is 1.88 bits per heavy atom. The van der Waals surface area contributed by atoms with Crippen molar-refractivity contribution in [2.45, 2.75) is 12.2 Å². The molecule has 0 unspecified atom stereocenters. The summed E-state index contributed by atoms with van der Waals surface area (Å²) in [6, 6.07) is 11.9. The Labute approximate surface area is 165 Å². The van der Waals surface area contributed by atoms with Crippen LogP contribution >= 0.6 is 46.6 Å².